The molecule has 0 amide bonds. The first-order valence-corrected chi connectivity index (χ1v) is 2.58. The molecule has 0 aliphatic rings. The second-order valence-electron chi connectivity index (χ2n) is 2.15. The first kappa shape index (κ1) is 10.2. The molecule has 0 spiro atoms. The molecule has 7 heteroatoms. The van der Waals surface area contributed by atoms with Gasteiger partial charge in [-0.2, -0.15) is 4.39 Å². The molecule has 0 aromatic heterocycles. The van der Waals surface area contributed by atoms with Gasteiger partial charge in [0, 0.05) is 0 Å². The van der Waals surface area contributed by atoms with Gasteiger partial charge in [0.1, 0.15) is 0 Å². The number of alkyl halides is 3. The average Bonchev–Trinajstić information content (AvgIpc) is 1.85. The van der Waals surface area contributed by atoms with E-state index < -0.39 is 23.2 Å². The summed E-state index contributed by atoms with van der Waals surface area (Å²) in [7, 11) is 0. The van der Waals surface area contributed by atoms with Gasteiger partial charge in [0.05, 0.1) is 4.92 Å². The van der Waals surface area contributed by atoms with Gasteiger partial charge >= 0.3 is 6.30 Å². The minimum Gasteiger partial charge on any atom is -0.376 e. The molecule has 0 aliphatic carbocycles. The van der Waals surface area contributed by atoms with Crippen LogP contribution in [0.5, 0.6) is 0 Å². The topological polar surface area (TPSA) is 63.4 Å². The van der Waals surface area contributed by atoms with E-state index in [1.807, 2.05) is 0 Å². The van der Waals surface area contributed by atoms with Gasteiger partial charge in [-0.3, -0.25) is 10.1 Å². The molecule has 2 atom stereocenters. The van der Waals surface area contributed by atoms with Gasteiger partial charge in [-0.05, 0) is 6.92 Å². The lowest BCUT2D eigenvalue weighted by Gasteiger charge is -2.19. The van der Waals surface area contributed by atoms with E-state index in [-0.39, 0.29) is 0 Å². The molecule has 2 unspecified atom stereocenters. The summed E-state index contributed by atoms with van der Waals surface area (Å²) >= 11 is 0. The maximum atomic E-state index is 12.1. The highest BCUT2D eigenvalue weighted by atomic mass is 19.3. The van der Waals surface area contributed by atoms with Crippen LogP contribution in [0.2, 0.25) is 0 Å². The maximum Gasteiger partial charge on any atom is 0.383 e. The highest BCUT2D eigenvalue weighted by molar-refractivity contribution is 4.78. The normalized spacial score (nSPS) is 19.5. The molecule has 4 nitrogen and oxygen atoms in total. The van der Waals surface area contributed by atoms with Crippen LogP contribution in [0.25, 0.3) is 0 Å². The molecule has 0 fully saturated rings. The van der Waals surface area contributed by atoms with Crippen LogP contribution < -0.4 is 0 Å². The Morgan fingerprint density at radius 2 is 1.91 bits per heavy atom. The summed E-state index contributed by atoms with van der Waals surface area (Å²) in [6, 6.07) is 0. The van der Waals surface area contributed by atoms with Gasteiger partial charge in [-0.1, -0.05) is 0 Å². The van der Waals surface area contributed by atoms with Crippen molar-refractivity contribution in [2.24, 2.45) is 0 Å². The Labute approximate surface area is 59.8 Å². The lowest BCUT2D eigenvalue weighted by atomic mass is 10.1. The predicted molar refractivity (Wildman–Crippen MR) is 28.5 cm³/mol. The zero-order valence-corrected chi connectivity index (χ0v) is 5.50. The lowest BCUT2D eigenvalue weighted by Crippen LogP contribution is -2.47. The molecule has 0 saturated carbocycles. The fraction of sp³-hybridized carbons (Fsp3) is 1.00. The molecule has 0 rings (SSSR count). The fourth-order valence-corrected chi connectivity index (χ4v) is 0.317. The van der Waals surface area contributed by atoms with Gasteiger partial charge in [0.15, 0.2) is 0 Å². The molecule has 66 valence electrons. The monoisotopic (exact) mass is 173 g/mol. The summed E-state index contributed by atoms with van der Waals surface area (Å²) < 4.78 is 35.4. The Morgan fingerprint density at radius 1 is 1.55 bits per heavy atom. The molecule has 0 aromatic rings. The quantitative estimate of drug-likeness (QED) is 0.385. The van der Waals surface area contributed by atoms with Crippen molar-refractivity contribution in [2.45, 2.75) is 25.2 Å². The van der Waals surface area contributed by atoms with Gasteiger partial charge in [0.2, 0.25) is 5.60 Å². The number of nitro groups is 1. The van der Waals surface area contributed by atoms with Crippen molar-refractivity contribution in [2.75, 3.05) is 0 Å². The van der Waals surface area contributed by atoms with Gasteiger partial charge in [-0.25, -0.2) is 8.78 Å². The standard InChI is InChI=1S/C4H6F3NO3/c1-4(9,2(5)6)3(7)8(10)11/h2-3,9H,1H3. The van der Waals surface area contributed by atoms with Gasteiger partial charge < -0.3 is 5.11 Å². The smallest absolute Gasteiger partial charge is 0.376 e. The Balaban J connectivity index is 4.41. The minimum absolute atomic E-state index is 0.366. The molecule has 11 heavy (non-hydrogen) atoms. The van der Waals surface area contributed by atoms with Crippen molar-refractivity contribution >= 4 is 0 Å². The van der Waals surface area contributed by atoms with E-state index in [1.165, 1.54) is 0 Å². The fourth-order valence-electron chi connectivity index (χ4n) is 0.317. The maximum absolute atomic E-state index is 12.1. The molecule has 0 aromatic carbocycles. The van der Waals surface area contributed by atoms with Crippen LogP contribution in [0.3, 0.4) is 0 Å². The summed E-state index contributed by atoms with van der Waals surface area (Å²) in [5, 5.41) is 18.1. The molecule has 0 saturated heterocycles. The second-order valence-corrected chi connectivity index (χ2v) is 2.15. The molecule has 0 aliphatic heterocycles. The van der Waals surface area contributed by atoms with Crippen LogP contribution >= 0.6 is 0 Å². The lowest BCUT2D eigenvalue weighted by molar-refractivity contribution is -0.580. The van der Waals surface area contributed by atoms with Crippen LogP contribution in [-0.2, 0) is 0 Å². The van der Waals surface area contributed by atoms with E-state index >= 15 is 0 Å². The van der Waals surface area contributed by atoms with Crippen molar-refractivity contribution in [3.05, 3.63) is 10.1 Å². The van der Waals surface area contributed by atoms with E-state index in [0.29, 0.717) is 6.92 Å². The Bertz CT molecular complexity index is 161. The number of aliphatic hydroxyl groups is 1. The van der Waals surface area contributed by atoms with Gasteiger partial charge in [-0.15, -0.1) is 0 Å². The van der Waals surface area contributed by atoms with Crippen molar-refractivity contribution in [1.82, 2.24) is 0 Å². The van der Waals surface area contributed by atoms with Crippen molar-refractivity contribution in [3.8, 4) is 0 Å². The summed E-state index contributed by atoms with van der Waals surface area (Å²) in [6.45, 7) is 0.366. The minimum atomic E-state index is -3.48. The number of hydrogen-bond acceptors (Lipinski definition) is 3. The highest BCUT2D eigenvalue weighted by Crippen LogP contribution is 2.21. The average molecular weight is 173 g/mol. The van der Waals surface area contributed by atoms with E-state index in [9.17, 15) is 23.3 Å². The van der Waals surface area contributed by atoms with Crippen LogP contribution in [0.1, 0.15) is 6.92 Å². The predicted octanol–water partition coefficient (Wildman–Crippen LogP) is 0.575. The first-order valence-electron chi connectivity index (χ1n) is 2.58. The highest BCUT2D eigenvalue weighted by Gasteiger charge is 2.49. The van der Waals surface area contributed by atoms with E-state index in [1.54, 1.807) is 0 Å². The Morgan fingerprint density at radius 3 is 2.00 bits per heavy atom. The number of nitrogens with zero attached hydrogens (tertiary/aromatic N) is 1. The van der Waals surface area contributed by atoms with E-state index in [0.717, 1.165) is 0 Å². The van der Waals surface area contributed by atoms with E-state index in [2.05, 4.69) is 0 Å². The van der Waals surface area contributed by atoms with Gasteiger partial charge in [0.25, 0.3) is 6.43 Å². The summed E-state index contributed by atoms with van der Waals surface area (Å²) in [6.07, 6.45) is -6.65. The zero-order chi connectivity index (χ0) is 9.23. The zero-order valence-electron chi connectivity index (χ0n) is 5.50. The SMILES string of the molecule is CC(O)(C(F)F)C(F)[N+](=O)[O-]. The molecule has 0 heterocycles. The number of halogens is 3. The molecular formula is C4H6F3NO3. The number of rotatable bonds is 3. The van der Waals surface area contributed by atoms with Crippen molar-refractivity contribution in [1.29, 1.82) is 0 Å². The molecule has 0 bridgehead atoms. The first-order chi connectivity index (χ1) is 4.80. The third kappa shape index (κ3) is 2.04. The number of hydrogen-bond donors (Lipinski definition) is 1. The van der Waals surface area contributed by atoms with E-state index in [4.69, 9.17) is 5.11 Å². The van der Waals surface area contributed by atoms with Crippen LogP contribution in [0.4, 0.5) is 13.2 Å². The van der Waals surface area contributed by atoms with Crippen LogP contribution in [0, 0.1) is 10.1 Å². The van der Waals surface area contributed by atoms with Crippen LogP contribution in [-0.4, -0.2) is 28.4 Å². The second kappa shape index (κ2) is 3.04. The van der Waals surface area contributed by atoms with Crippen LogP contribution in [0.15, 0.2) is 0 Å². The Hall–Kier alpha value is -0.850. The molecule has 0 radical (unpaired) electrons. The summed E-state index contributed by atoms with van der Waals surface area (Å²) in [5.74, 6) is 0. The Kier molecular flexibility index (Phi) is 2.80. The van der Waals surface area contributed by atoms with Crippen molar-refractivity contribution in [3.63, 3.8) is 0 Å². The molecular weight excluding hydrogens is 167 g/mol. The third-order valence-electron chi connectivity index (χ3n) is 1.11. The summed E-state index contributed by atoms with van der Waals surface area (Å²) in [5.41, 5.74) is -3.22. The molecule has 1 N–H and O–H groups in total. The third-order valence-corrected chi connectivity index (χ3v) is 1.11. The van der Waals surface area contributed by atoms with Crippen molar-refractivity contribution < 1.29 is 23.2 Å². The largest absolute Gasteiger partial charge is 0.383 e. The summed E-state index contributed by atoms with van der Waals surface area (Å²) in [4.78, 5) is 7.98.